The molecule has 0 saturated heterocycles. The second kappa shape index (κ2) is 4.30. The number of anilines is 1. The summed E-state index contributed by atoms with van der Waals surface area (Å²) < 4.78 is 0.963. The van der Waals surface area contributed by atoms with Gasteiger partial charge in [-0.05, 0) is 47.7 Å². The number of nitrogens with zero attached hydrogens (tertiary/aromatic N) is 2. The molecule has 1 heterocycles. The van der Waals surface area contributed by atoms with Crippen LogP contribution < -0.4 is 4.90 Å². The van der Waals surface area contributed by atoms with Crippen LogP contribution in [0.15, 0.2) is 16.7 Å². The van der Waals surface area contributed by atoms with Crippen molar-refractivity contribution in [3.05, 3.63) is 21.8 Å². The molecular weight excluding hydrogens is 275 g/mol. The number of hydrogen-bond donors (Lipinski definition) is 0. The summed E-state index contributed by atoms with van der Waals surface area (Å²) in [4.78, 5) is 6.58. The first kappa shape index (κ1) is 11.2. The summed E-state index contributed by atoms with van der Waals surface area (Å²) in [6.07, 6.45) is 4.38. The Morgan fingerprint density at radius 3 is 2.80 bits per heavy atom. The molecule has 1 aliphatic carbocycles. The molecule has 15 heavy (non-hydrogen) atoms. The fourth-order valence-corrected chi connectivity index (χ4v) is 2.67. The Morgan fingerprint density at radius 2 is 2.27 bits per heavy atom. The van der Waals surface area contributed by atoms with Crippen LogP contribution in [0.5, 0.6) is 0 Å². The Morgan fingerprint density at radius 1 is 1.60 bits per heavy atom. The van der Waals surface area contributed by atoms with Gasteiger partial charge in [0.05, 0.1) is 9.50 Å². The maximum Gasteiger partial charge on any atom is 0.142 e. The standard InChI is InChI=1S/C11H14BrClN2/c1-7(8-3-4-8)15(2)11-10(12)5-9(13)6-14-11/h5-8H,3-4H2,1-2H3. The van der Waals surface area contributed by atoms with Crippen LogP contribution >= 0.6 is 27.5 Å². The van der Waals surface area contributed by atoms with Crippen LogP contribution in [0.25, 0.3) is 0 Å². The van der Waals surface area contributed by atoms with Gasteiger partial charge in [-0.15, -0.1) is 0 Å². The van der Waals surface area contributed by atoms with Crippen molar-refractivity contribution in [2.24, 2.45) is 5.92 Å². The molecule has 1 aliphatic rings. The van der Waals surface area contributed by atoms with E-state index in [4.69, 9.17) is 11.6 Å². The molecule has 1 unspecified atom stereocenters. The van der Waals surface area contributed by atoms with Gasteiger partial charge in [0.15, 0.2) is 0 Å². The third-order valence-electron chi connectivity index (χ3n) is 3.04. The van der Waals surface area contributed by atoms with Crippen LogP contribution in [-0.4, -0.2) is 18.1 Å². The van der Waals surface area contributed by atoms with Gasteiger partial charge in [0.25, 0.3) is 0 Å². The van der Waals surface area contributed by atoms with Crippen molar-refractivity contribution in [2.45, 2.75) is 25.8 Å². The van der Waals surface area contributed by atoms with E-state index in [1.165, 1.54) is 12.8 Å². The van der Waals surface area contributed by atoms with Gasteiger partial charge in [-0.3, -0.25) is 0 Å². The SMILES string of the molecule is CC(C1CC1)N(C)c1ncc(Cl)cc1Br. The van der Waals surface area contributed by atoms with Crippen molar-refractivity contribution >= 4 is 33.3 Å². The molecule has 82 valence electrons. The molecular formula is C11H14BrClN2. The molecule has 0 spiro atoms. The van der Waals surface area contributed by atoms with Gasteiger partial charge in [0, 0.05) is 19.3 Å². The largest absolute Gasteiger partial charge is 0.356 e. The first-order valence-corrected chi connectivity index (χ1v) is 6.30. The quantitative estimate of drug-likeness (QED) is 0.843. The number of halogens is 2. The van der Waals surface area contributed by atoms with E-state index in [-0.39, 0.29) is 0 Å². The highest BCUT2D eigenvalue weighted by atomic mass is 79.9. The highest BCUT2D eigenvalue weighted by Gasteiger charge is 2.31. The van der Waals surface area contributed by atoms with Gasteiger partial charge in [-0.25, -0.2) is 4.98 Å². The molecule has 4 heteroatoms. The normalized spacial score (nSPS) is 17.6. The smallest absolute Gasteiger partial charge is 0.142 e. The third kappa shape index (κ3) is 2.45. The summed E-state index contributed by atoms with van der Waals surface area (Å²) in [6.45, 7) is 2.25. The average molecular weight is 290 g/mol. The zero-order chi connectivity index (χ0) is 11.0. The number of aromatic nitrogens is 1. The molecule has 0 amide bonds. The Labute approximate surface area is 104 Å². The minimum absolute atomic E-state index is 0.551. The van der Waals surface area contributed by atoms with Crippen LogP contribution in [0.3, 0.4) is 0 Å². The summed E-state index contributed by atoms with van der Waals surface area (Å²) in [5.41, 5.74) is 0. The number of hydrogen-bond acceptors (Lipinski definition) is 2. The van der Waals surface area contributed by atoms with E-state index in [9.17, 15) is 0 Å². The van der Waals surface area contributed by atoms with Crippen molar-refractivity contribution in [3.63, 3.8) is 0 Å². The Kier molecular flexibility index (Phi) is 3.21. The van der Waals surface area contributed by atoms with Crippen LogP contribution in [0, 0.1) is 5.92 Å². The molecule has 2 nitrogen and oxygen atoms in total. The molecule has 0 radical (unpaired) electrons. The number of rotatable bonds is 3. The molecule has 0 aromatic carbocycles. The predicted molar refractivity (Wildman–Crippen MR) is 67.5 cm³/mol. The van der Waals surface area contributed by atoms with Crippen molar-refractivity contribution in [1.82, 2.24) is 4.98 Å². The maximum atomic E-state index is 5.87. The molecule has 1 saturated carbocycles. The van der Waals surface area contributed by atoms with Crippen molar-refractivity contribution in [3.8, 4) is 0 Å². The fourth-order valence-electron chi connectivity index (χ4n) is 1.75. The molecule has 2 rings (SSSR count). The Bertz CT molecular complexity index is 366. The predicted octanol–water partition coefficient (Wildman–Crippen LogP) is 3.73. The van der Waals surface area contributed by atoms with Crippen LogP contribution in [0.4, 0.5) is 5.82 Å². The molecule has 0 N–H and O–H groups in total. The van der Waals surface area contributed by atoms with E-state index in [1.54, 1.807) is 6.20 Å². The van der Waals surface area contributed by atoms with Gasteiger partial charge in [0.1, 0.15) is 5.82 Å². The molecule has 1 aromatic rings. The van der Waals surface area contributed by atoms with E-state index in [1.807, 2.05) is 6.07 Å². The van der Waals surface area contributed by atoms with Crippen LogP contribution in [0.1, 0.15) is 19.8 Å². The molecule has 1 aromatic heterocycles. The van der Waals surface area contributed by atoms with E-state index in [0.717, 1.165) is 16.2 Å². The fraction of sp³-hybridized carbons (Fsp3) is 0.545. The first-order chi connectivity index (χ1) is 7.09. The Hall–Kier alpha value is -0.280. The summed E-state index contributed by atoms with van der Waals surface area (Å²) >= 11 is 9.36. The molecule has 0 aliphatic heterocycles. The average Bonchev–Trinajstić information content (AvgIpc) is 2.99. The van der Waals surface area contributed by atoms with Gasteiger partial charge < -0.3 is 4.90 Å². The van der Waals surface area contributed by atoms with Crippen LogP contribution in [0.2, 0.25) is 5.02 Å². The zero-order valence-electron chi connectivity index (χ0n) is 8.87. The van der Waals surface area contributed by atoms with Crippen molar-refractivity contribution in [1.29, 1.82) is 0 Å². The van der Waals surface area contributed by atoms with Gasteiger partial charge >= 0.3 is 0 Å². The monoisotopic (exact) mass is 288 g/mol. The lowest BCUT2D eigenvalue weighted by atomic mass is 10.2. The minimum atomic E-state index is 0.551. The minimum Gasteiger partial charge on any atom is -0.356 e. The molecule has 1 fully saturated rings. The van der Waals surface area contributed by atoms with Gasteiger partial charge in [-0.2, -0.15) is 0 Å². The van der Waals surface area contributed by atoms with Gasteiger partial charge in [-0.1, -0.05) is 11.6 Å². The lowest BCUT2D eigenvalue weighted by Crippen LogP contribution is -2.31. The van der Waals surface area contributed by atoms with Crippen molar-refractivity contribution < 1.29 is 0 Å². The van der Waals surface area contributed by atoms with E-state index >= 15 is 0 Å². The lowest BCUT2D eigenvalue weighted by molar-refractivity contribution is 0.603. The summed E-state index contributed by atoms with van der Waals surface area (Å²) in [6, 6.07) is 2.44. The summed E-state index contributed by atoms with van der Waals surface area (Å²) in [5.74, 6) is 1.80. The van der Waals surface area contributed by atoms with E-state index in [0.29, 0.717) is 11.1 Å². The van der Waals surface area contributed by atoms with Crippen LogP contribution in [-0.2, 0) is 0 Å². The topological polar surface area (TPSA) is 16.1 Å². The van der Waals surface area contributed by atoms with E-state index < -0.39 is 0 Å². The second-order valence-electron chi connectivity index (χ2n) is 4.15. The first-order valence-electron chi connectivity index (χ1n) is 5.13. The molecule has 0 bridgehead atoms. The highest BCUT2D eigenvalue weighted by molar-refractivity contribution is 9.10. The molecule has 1 atom stereocenters. The van der Waals surface area contributed by atoms with E-state index in [2.05, 4.69) is 39.8 Å². The highest BCUT2D eigenvalue weighted by Crippen LogP contribution is 2.37. The zero-order valence-corrected chi connectivity index (χ0v) is 11.2. The van der Waals surface area contributed by atoms with Gasteiger partial charge in [0.2, 0.25) is 0 Å². The third-order valence-corrected chi connectivity index (χ3v) is 3.83. The Balaban J connectivity index is 2.20. The second-order valence-corrected chi connectivity index (χ2v) is 5.44. The number of pyridine rings is 1. The lowest BCUT2D eigenvalue weighted by Gasteiger charge is -2.26. The summed E-state index contributed by atoms with van der Waals surface area (Å²) in [5, 5.41) is 0.665. The summed E-state index contributed by atoms with van der Waals surface area (Å²) in [7, 11) is 2.09. The van der Waals surface area contributed by atoms with Crippen molar-refractivity contribution in [2.75, 3.05) is 11.9 Å². The maximum absolute atomic E-state index is 5.87.